The zero-order chi connectivity index (χ0) is 10.0. The Balaban J connectivity index is 2.33. The molecule has 1 saturated heterocycles. The van der Waals surface area contributed by atoms with E-state index < -0.39 is 9.73 Å². The molecule has 0 aromatic heterocycles. The second-order valence-corrected chi connectivity index (χ2v) is 5.87. The molecule has 4 heteroatoms. The normalized spacial score (nSPS) is 18.4. The molecule has 1 heterocycles. The molecule has 3 nitrogen and oxygen atoms in total. The van der Waals surface area contributed by atoms with E-state index in [1.807, 2.05) is 24.3 Å². The van der Waals surface area contributed by atoms with Gasteiger partial charge in [0.1, 0.15) is 5.75 Å². The monoisotopic (exact) mass is 211 g/mol. The van der Waals surface area contributed by atoms with Crippen LogP contribution in [0.4, 0.5) is 5.69 Å². The number of benzene rings is 1. The standard InChI is InChI=1S/C10H13NO2S/c1-13-10-5-2-4-9(8-10)11-14(12)6-3-7-14/h2,4-5,8H,3,6-7H2,1H3. The van der Waals surface area contributed by atoms with Crippen LogP contribution in [0, 0.1) is 0 Å². The van der Waals surface area contributed by atoms with Crippen LogP contribution < -0.4 is 4.74 Å². The predicted molar refractivity (Wildman–Crippen MR) is 57.6 cm³/mol. The molecule has 0 atom stereocenters. The summed E-state index contributed by atoms with van der Waals surface area (Å²) in [6, 6.07) is 7.38. The van der Waals surface area contributed by atoms with Crippen molar-refractivity contribution < 1.29 is 8.95 Å². The van der Waals surface area contributed by atoms with Crippen molar-refractivity contribution in [1.29, 1.82) is 0 Å². The van der Waals surface area contributed by atoms with Crippen LogP contribution in [0.25, 0.3) is 0 Å². The van der Waals surface area contributed by atoms with Gasteiger partial charge < -0.3 is 4.74 Å². The molecule has 1 fully saturated rings. The van der Waals surface area contributed by atoms with Gasteiger partial charge in [0.15, 0.2) is 0 Å². The van der Waals surface area contributed by atoms with E-state index in [1.165, 1.54) is 0 Å². The first-order valence-electron chi connectivity index (χ1n) is 4.58. The maximum Gasteiger partial charge on any atom is 0.121 e. The van der Waals surface area contributed by atoms with Gasteiger partial charge in [0.2, 0.25) is 0 Å². The van der Waals surface area contributed by atoms with E-state index in [9.17, 15) is 4.21 Å². The molecular formula is C10H13NO2S. The lowest BCUT2D eigenvalue weighted by Gasteiger charge is -2.17. The van der Waals surface area contributed by atoms with Gasteiger partial charge in [-0.2, -0.15) is 4.36 Å². The Morgan fingerprint density at radius 2 is 2.21 bits per heavy atom. The smallest absolute Gasteiger partial charge is 0.121 e. The van der Waals surface area contributed by atoms with Gasteiger partial charge in [0.05, 0.1) is 22.5 Å². The highest BCUT2D eigenvalue weighted by Gasteiger charge is 2.18. The minimum Gasteiger partial charge on any atom is -0.497 e. The van der Waals surface area contributed by atoms with Crippen LogP contribution in [-0.2, 0) is 9.73 Å². The average molecular weight is 211 g/mol. The van der Waals surface area contributed by atoms with Gasteiger partial charge >= 0.3 is 0 Å². The molecule has 0 saturated carbocycles. The highest BCUT2D eigenvalue weighted by Crippen LogP contribution is 2.24. The summed E-state index contributed by atoms with van der Waals surface area (Å²) >= 11 is 0. The highest BCUT2D eigenvalue weighted by atomic mass is 32.2. The summed E-state index contributed by atoms with van der Waals surface area (Å²) in [7, 11) is -0.284. The first-order chi connectivity index (χ1) is 6.72. The van der Waals surface area contributed by atoms with Gasteiger partial charge in [0.25, 0.3) is 0 Å². The lowest BCUT2D eigenvalue weighted by molar-refractivity contribution is 0.415. The number of methoxy groups -OCH3 is 1. The fraction of sp³-hybridized carbons (Fsp3) is 0.400. The molecule has 14 heavy (non-hydrogen) atoms. The van der Waals surface area contributed by atoms with Crippen LogP contribution >= 0.6 is 0 Å². The summed E-state index contributed by atoms with van der Waals surface area (Å²) in [5.74, 6) is 2.24. The van der Waals surface area contributed by atoms with Crippen molar-refractivity contribution in [3.63, 3.8) is 0 Å². The van der Waals surface area contributed by atoms with E-state index in [1.54, 1.807) is 7.11 Å². The molecule has 1 aliphatic heterocycles. The van der Waals surface area contributed by atoms with Crippen LogP contribution in [-0.4, -0.2) is 22.8 Å². The number of hydrogen-bond donors (Lipinski definition) is 0. The molecule has 0 unspecified atom stereocenters. The molecule has 0 aliphatic carbocycles. The molecule has 0 radical (unpaired) electrons. The van der Waals surface area contributed by atoms with E-state index >= 15 is 0 Å². The molecule has 0 N–H and O–H groups in total. The lowest BCUT2D eigenvalue weighted by atomic mass is 10.3. The van der Waals surface area contributed by atoms with E-state index in [2.05, 4.69) is 4.36 Å². The Morgan fingerprint density at radius 1 is 1.43 bits per heavy atom. The van der Waals surface area contributed by atoms with E-state index in [0.717, 1.165) is 29.4 Å². The summed E-state index contributed by atoms with van der Waals surface area (Å²) in [5, 5.41) is 0. The van der Waals surface area contributed by atoms with Crippen molar-refractivity contribution >= 4 is 15.4 Å². The largest absolute Gasteiger partial charge is 0.497 e. The average Bonchev–Trinajstić information content (AvgIpc) is 2.16. The third kappa shape index (κ3) is 1.90. The second kappa shape index (κ2) is 3.61. The van der Waals surface area contributed by atoms with Crippen LogP contribution in [0.3, 0.4) is 0 Å². The molecule has 0 spiro atoms. The van der Waals surface area contributed by atoms with Crippen molar-refractivity contribution in [2.45, 2.75) is 6.42 Å². The van der Waals surface area contributed by atoms with E-state index in [0.29, 0.717) is 0 Å². The first-order valence-corrected chi connectivity index (χ1v) is 6.44. The maximum absolute atomic E-state index is 11.8. The molecule has 0 amide bonds. The molecular weight excluding hydrogens is 198 g/mol. The van der Waals surface area contributed by atoms with E-state index in [4.69, 9.17) is 4.74 Å². The number of nitrogens with zero attached hydrogens (tertiary/aromatic N) is 1. The summed E-state index contributed by atoms with van der Waals surface area (Å²) in [6.45, 7) is 0. The zero-order valence-electron chi connectivity index (χ0n) is 8.10. The van der Waals surface area contributed by atoms with E-state index in [-0.39, 0.29) is 0 Å². The third-order valence-corrected chi connectivity index (χ3v) is 4.65. The number of hydrogen-bond acceptors (Lipinski definition) is 3. The van der Waals surface area contributed by atoms with Crippen LogP contribution in [0.5, 0.6) is 5.75 Å². The summed E-state index contributed by atoms with van der Waals surface area (Å²) < 4.78 is 21.1. The fourth-order valence-corrected chi connectivity index (χ4v) is 2.80. The number of rotatable bonds is 2. The van der Waals surface area contributed by atoms with Gasteiger partial charge in [-0.3, -0.25) is 0 Å². The molecule has 1 aromatic rings. The Labute approximate surface area is 84.3 Å². The van der Waals surface area contributed by atoms with Crippen LogP contribution in [0.2, 0.25) is 0 Å². The highest BCUT2D eigenvalue weighted by molar-refractivity contribution is 7.95. The quantitative estimate of drug-likeness (QED) is 0.752. The summed E-state index contributed by atoms with van der Waals surface area (Å²) in [6.07, 6.45) is 1.03. The predicted octanol–water partition coefficient (Wildman–Crippen LogP) is 2.20. The van der Waals surface area contributed by atoms with Crippen molar-refractivity contribution in [3.05, 3.63) is 24.3 Å². The second-order valence-electron chi connectivity index (χ2n) is 3.33. The Morgan fingerprint density at radius 3 is 2.79 bits per heavy atom. The van der Waals surface area contributed by atoms with Crippen molar-refractivity contribution in [1.82, 2.24) is 0 Å². The fourth-order valence-electron chi connectivity index (χ4n) is 1.34. The van der Waals surface area contributed by atoms with Gasteiger partial charge in [-0.05, 0) is 18.6 Å². The lowest BCUT2D eigenvalue weighted by Crippen LogP contribution is -2.22. The minimum absolute atomic E-state index is 0.740. The zero-order valence-corrected chi connectivity index (χ0v) is 8.92. The third-order valence-electron chi connectivity index (χ3n) is 2.25. The SMILES string of the molecule is COc1cccc(N=S2(=O)CCC2)c1. The minimum atomic E-state index is -1.90. The van der Waals surface area contributed by atoms with Gasteiger partial charge in [-0.15, -0.1) is 0 Å². The van der Waals surface area contributed by atoms with Crippen LogP contribution in [0.1, 0.15) is 6.42 Å². The Hall–Kier alpha value is -1.03. The van der Waals surface area contributed by atoms with Crippen molar-refractivity contribution in [2.24, 2.45) is 4.36 Å². The maximum atomic E-state index is 11.8. The summed E-state index contributed by atoms with van der Waals surface area (Å²) in [4.78, 5) is 0. The van der Waals surface area contributed by atoms with Crippen molar-refractivity contribution in [3.8, 4) is 5.75 Å². The van der Waals surface area contributed by atoms with Gasteiger partial charge in [-0.1, -0.05) is 6.07 Å². The molecule has 0 bridgehead atoms. The Bertz CT molecular complexity index is 437. The topological polar surface area (TPSA) is 38.7 Å². The number of ether oxygens (including phenoxy) is 1. The van der Waals surface area contributed by atoms with Gasteiger partial charge in [0, 0.05) is 17.6 Å². The molecule has 2 rings (SSSR count). The molecule has 1 aliphatic rings. The summed E-state index contributed by atoms with van der Waals surface area (Å²) in [5.41, 5.74) is 0.758. The van der Waals surface area contributed by atoms with Crippen molar-refractivity contribution in [2.75, 3.05) is 18.6 Å². The molecule has 1 aromatic carbocycles. The Kier molecular flexibility index (Phi) is 2.46. The van der Waals surface area contributed by atoms with Crippen LogP contribution in [0.15, 0.2) is 28.6 Å². The molecule has 76 valence electrons. The first kappa shape index (κ1) is 9.52. The van der Waals surface area contributed by atoms with Gasteiger partial charge in [-0.25, -0.2) is 4.21 Å².